The molecule has 4 nitrogen and oxygen atoms in total. The maximum atomic E-state index is 13.2. The van der Waals surface area contributed by atoms with Crippen LogP contribution < -0.4 is 0 Å². The monoisotopic (exact) mass is 372 g/mol. The van der Waals surface area contributed by atoms with Gasteiger partial charge in [0.2, 0.25) is 0 Å². The van der Waals surface area contributed by atoms with Gasteiger partial charge >= 0.3 is 0 Å². The fourth-order valence-corrected chi connectivity index (χ4v) is 2.71. The van der Waals surface area contributed by atoms with Crippen molar-refractivity contribution in [1.82, 2.24) is 15.0 Å². The molecule has 0 aliphatic rings. The number of aromatic nitrogens is 3. The van der Waals surface area contributed by atoms with Crippen LogP contribution in [0.25, 0.3) is 0 Å². The van der Waals surface area contributed by atoms with Crippen molar-refractivity contribution in [2.75, 3.05) is 6.26 Å². The summed E-state index contributed by atoms with van der Waals surface area (Å²) >= 11 is 7.59. The largest absolute Gasteiger partial charge is 0.248 e. The van der Waals surface area contributed by atoms with Gasteiger partial charge in [0.25, 0.3) is 0 Å². The second-order valence-corrected chi connectivity index (χ2v) is 6.24. The molecular formula is C18H14ClFN4S. The van der Waals surface area contributed by atoms with E-state index >= 15 is 0 Å². The van der Waals surface area contributed by atoms with Gasteiger partial charge in [0.1, 0.15) is 11.5 Å². The minimum absolute atomic E-state index is 0.274. The van der Waals surface area contributed by atoms with Gasteiger partial charge in [-0.1, -0.05) is 35.5 Å². The van der Waals surface area contributed by atoms with Crippen LogP contribution in [0.1, 0.15) is 11.3 Å². The highest BCUT2D eigenvalue weighted by atomic mass is 35.5. The molecule has 1 aromatic carbocycles. The van der Waals surface area contributed by atoms with Crippen molar-refractivity contribution < 1.29 is 4.39 Å². The normalized spacial score (nSPS) is 11.6. The number of halogens is 2. The first-order valence-electron chi connectivity index (χ1n) is 7.45. The molecule has 0 saturated heterocycles. The smallest absolute Gasteiger partial charge is 0.187 e. The minimum atomic E-state index is -0.274. The van der Waals surface area contributed by atoms with Gasteiger partial charge < -0.3 is 0 Å². The Morgan fingerprint density at radius 3 is 2.64 bits per heavy atom. The van der Waals surface area contributed by atoms with Crippen molar-refractivity contribution in [3.63, 3.8) is 0 Å². The number of aliphatic imine (C=N–C) groups is 1. The van der Waals surface area contributed by atoms with Gasteiger partial charge in [-0.15, -0.1) is 0 Å². The lowest BCUT2D eigenvalue weighted by atomic mass is 10.1. The summed E-state index contributed by atoms with van der Waals surface area (Å²) in [7, 11) is 0. The van der Waals surface area contributed by atoms with Crippen molar-refractivity contribution in [1.29, 1.82) is 0 Å². The Balaban J connectivity index is 2.04. The highest BCUT2D eigenvalue weighted by molar-refractivity contribution is 7.98. The fraction of sp³-hybridized carbons (Fsp3) is 0.111. The second-order valence-electron chi connectivity index (χ2n) is 5.10. The van der Waals surface area contributed by atoms with Crippen LogP contribution in [0.3, 0.4) is 0 Å². The molecule has 126 valence electrons. The third kappa shape index (κ3) is 4.61. The minimum Gasteiger partial charge on any atom is -0.248 e. The van der Waals surface area contributed by atoms with Crippen molar-refractivity contribution in [3.05, 3.63) is 77.1 Å². The molecule has 0 atom stereocenters. The van der Waals surface area contributed by atoms with Crippen molar-refractivity contribution in [2.24, 2.45) is 4.99 Å². The van der Waals surface area contributed by atoms with E-state index in [0.29, 0.717) is 33.8 Å². The van der Waals surface area contributed by atoms with E-state index < -0.39 is 0 Å². The molecule has 7 heteroatoms. The van der Waals surface area contributed by atoms with E-state index in [2.05, 4.69) is 19.9 Å². The van der Waals surface area contributed by atoms with Crippen LogP contribution in [0.2, 0.25) is 5.15 Å². The Morgan fingerprint density at radius 2 is 1.92 bits per heavy atom. The summed E-state index contributed by atoms with van der Waals surface area (Å²) in [6.45, 7) is 0. The van der Waals surface area contributed by atoms with Crippen molar-refractivity contribution in [2.45, 2.75) is 11.6 Å². The van der Waals surface area contributed by atoms with Gasteiger partial charge in [-0.3, -0.25) is 0 Å². The molecule has 0 N–H and O–H groups in total. The Morgan fingerprint density at radius 1 is 1.12 bits per heavy atom. The Labute approximate surface area is 154 Å². The van der Waals surface area contributed by atoms with Gasteiger partial charge in [0, 0.05) is 18.8 Å². The molecule has 0 aliphatic carbocycles. The third-order valence-corrected chi connectivity index (χ3v) is 4.24. The van der Waals surface area contributed by atoms with Crippen LogP contribution in [-0.2, 0) is 6.42 Å². The van der Waals surface area contributed by atoms with Gasteiger partial charge in [0.05, 0.1) is 11.4 Å². The molecule has 0 saturated carbocycles. The van der Waals surface area contributed by atoms with E-state index in [1.807, 2.05) is 6.26 Å². The lowest BCUT2D eigenvalue weighted by Crippen LogP contribution is -2.09. The number of pyridine rings is 1. The maximum absolute atomic E-state index is 13.2. The molecule has 0 aliphatic heterocycles. The molecule has 0 spiro atoms. The molecule has 2 heterocycles. The lowest BCUT2D eigenvalue weighted by Gasteiger charge is -2.08. The molecule has 3 aromatic rings. The molecular weight excluding hydrogens is 359 g/mol. The highest BCUT2D eigenvalue weighted by Crippen LogP contribution is 2.23. The van der Waals surface area contributed by atoms with Gasteiger partial charge in [-0.2, -0.15) is 0 Å². The van der Waals surface area contributed by atoms with E-state index in [1.165, 1.54) is 23.9 Å². The van der Waals surface area contributed by atoms with Crippen LogP contribution >= 0.6 is 23.4 Å². The predicted octanol–water partition coefficient (Wildman–Crippen LogP) is 4.75. The molecule has 0 amide bonds. The number of benzene rings is 1. The van der Waals surface area contributed by atoms with Crippen LogP contribution in [0.4, 0.5) is 10.1 Å². The summed E-state index contributed by atoms with van der Waals surface area (Å²) in [5.41, 5.74) is 2.89. The summed E-state index contributed by atoms with van der Waals surface area (Å²) in [4.78, 5) is 17.4. The van der Waals surface area contributed by atoms with Crippen LogP contribution in [0.5, 0.6) is 0 Å². The average molecular weight is 373 g/mol. The van der Waals surface area contributed by atoms with Gasteiger partial charge in [-0.05, 0) is 42.2 Å². The molecule has 0 fully saturated rings. The molecule has 2 aromatic heterocycles. The summed E-state index contributed by atoms with van der Waals surface area (Å²) in [6, 6.07) is 11.7. The Bertz CT molecular complexity index is 900. The number of hydrogen-bond acceptors (Lipinski definition) is 5. The highest BCUT2D eigenvalue weighted by Gasteiger charge is 2.10. The number of nitrogens with zero attached hydrogens (tertiary/aromatic N) is 4. The van der Waals surface area contributed by atoms with E-state index in [1.54, 1.807) is 42.7 Å². The van der Waals surface area contributed by atoms with E-state index in [9.17, 15) is 4.39 Å². The predicted molar refractivity (Wildman–Crippen MR) is 99.4 cm³/mol. The zero-order valence-electron chi connectivity index (χ0n) is 13.4. The van der Waals surface area contributed by atoms with Crippen LogP contribution in [0.15, 0.2) is 65.0 Å². The topological polar surface area (TPSA) is 51.0 Å². The first kappa shape index (κ1) is 17.5. The SMILES string of the molecule is CSc1nccc(C(Cc2ccc(F)cc2)=Nc2cccnc2Cl)n1. The molecule has 25 heavy (non-hydrogen) atoms. The Kier molecular flexibility index (Phi) is 5.73. The fourth-order valence-electron chi connectivity index (χ4n) is 2.19. The zero-order chi connectivity index (χ0) is 17.6. The Hall–Kier alpha value is -2.31. The summed E-state index contributed by atoms with van der Waals surface area (Å²) in [5, 5.41) is 0.972. The van der Waals surface area contributed by atoms with Gasteiger partial charge in [-0.25, -0.2) is 24.3 Å². The molecule has 0 radical (unpaired) electrons. The van der Waals surface area contributed by atoms with Crippen LogP contribution in [-0.4, -0.2) is 26.9 Å². The van der Waals surface area contributed by atoms with Crippen molar-refractivity contribution >= 4 is 34.8 Å². The van der Waals surface area contributed by atoms with E-state index in [0.717, 1.165) is 5.56 Å². The van der Waals surface area contributed by atoms with E-state index in [4.69, 9.17) is 11.6 Å². The summed E-state index contributed by atoms with van der Waals surface area (Å²) in [5.74, 6) is -0.274. The molecule has 0 bridgehead atoms. The number of thioether (sulfide) groups is 1. The second kappa shape index (κ2) is 8.18. The standard InChI is InChI=1S/C18H14ClFN4S/c1-25-18-22-10-8-14(24-18)16(11-12-4-6-13(20)7-5-12)23-15-3-2-9-21-17(15)19/h2-10H,11H2,1H3. The van der Waals surface area contributed by atoms with Crippen LogP contribution in [0, 0.1) is 5.82 Å². The summed E-state index contributed by atoms with van der Waals surface area (Å²) in [6.07, 6.45) is 5.70. The summed E-state index contributed by atoms with van der Waals surface area (Å²) < 4.78 is 13.2. The van der Waals surface area contributed by atoms with Gasteiger partial charge in [0.15, 0.2) is 10.3 Å². The quantitative estimate of drug-likeness (QED) is 0.281. The number of hydrogen-bond donors (Lipinski definition) is 0. The maximum Gasteiger partial charge on any atom is 0.187 e. The van der Waals surface area contributed by atoms with Crippen molar-refractivity contribution in [3.8, 4) is 0 Å². The molecule has 0 unspecified atom stereocenters. The first-order valence-corrected chi connectivity index (χ1v) is 9.06. The first-order chi connectivity index (χ1) is 12.2. The molecule has 3 rings (SSSR count). The lowest BCUT2D eigenvalue weighted by molar-refractivity contribution is 0.627. The average Bonchev–Trinajstić information content (AvgIpc) is 2.64. The third-order valence-electron chi connectivity index (χ3n) is 3.39. The number of rotatable bonds is 5. The zero-order valence-corrected chi connectivity index (χ0v) is 14.9. The van der Waals surface area contributed by atoms with E-state index in [-0.39, 0.29) is 5.82 Å².